The van der Waals surface area contributed by atoms with Gasteiger partial charge in [0.05, 0.1) is 22.2 Å². The average Bonchev–Trinajstić information content (AvgIpc) is 2.78. The largest absolute Gasteiger partial charge is 0.378 e. The van der Waals surface area contributed by atoms with E-state index in [0.717, 1.165) is 0 Å². The Balaban J connectivity index is 2.25. The molecule has 1 aromatic rings. The van der Waals surface area contributed by atoms with Crippen LogP contribution in [0.1, 0.15) is 0 Å². The Kier molecular flexibility index (Phi) is 4.70. The number of methoxy groups -OCH3 is 1. The lowest BCUT2D eigenvalue weighted by molar-refractivity contribution is 0.103. The van der Waals surface area contributed by atoms with Crippen molar-refractivity contribution in [1.82, 2.24) is 10.0 Å². The molecule has 8 heteroatoms. The molecule has 1 aliphatic rings. The molecule has 1 heterocycles. The van der Waals surface area contributed by atoms with Crippen molar-refractivity contribution < 1.29 is 13.2 Å². The fraction of sp³-hybridized carbons (Fsp3) is 0.455. The van der Waals surface area contributed by atoms with Gasteiger partial charge in [-0.1, -0.05) is 29.3 Å². The first-order valence-corrected chi connectivity index (χ1v) is 7.89. The standard InChI is InChI=1S/C11H14Cl2N2O3S/c1-18-9-6-14-5-8(9)15-19(16,17)10-4-2-3-7(12)11(10)13/h2-4,8-9,14-15H,5-6H2,1H3/t8?,9-/m0/s1. The van der Waals surface area contributed by atoms with Crippen LogP contribution in [-0.4, -0.2) is 40.8 Å². The third-order valence-corrected chi connectivity index (χ3v) is 5.44. The first kappa shape index (κ1) is 15.0. The number of rotatable bonds is 4. The molecular weight excluding hydrogens is 311 g/mol. The Hall–Kier alpha value is -0.370. The van der Waals surface area contributed by atoms with Gasteiger partial charge in [-0.15, -0.1) is 0 Å². The van der Waals surface area contributed by atoms with Crippen molar-refractivity contribution in [2.45, 2.75) is 17.0 Å². The monoisotopic (exact) mass is 324 g/mol. The van der Waals surface area contributed by atoms with Crippen LogP contribution in [0.4, 0.5) is 0 Å². The van der Waals surface area contributed by atoms with Crippen LogP contribution < -0.4 is 10.0 Å². The molecule has 106 valence electrons. The zero-order valence-corrected chi connectivity index (χ0v) is 12.5. The van der Waals surface area contributed by atoms with Crippen molar-refractivity contribution in [2.24, 2.45) is 0 Å². The van der Waals surface area contributed by atoms with Crippen LogP contribution in [0.15, 0.2) is 23.1 Å². The number of hydrogen-bond donors (Lipinski definition) is 2. The van der Waals surface area contributed by atoms with E-state index in [1.165, 1.54) is 12.1 Å². The number of sulfonamides is 1. The van der Waals surface area contributed by atoms with Crippen molar-refractivity contribution >= 4 is 33.2 Å². The summed E-state index contributed by atoms with van der Waals surface area (Å²) in [7, 11) is -2.18. The van der Waals surface area contributed by atoms with Gasteiger partial charge in [-0.2, -0.15) is 0 Å². The molecule has 1 saturated heterocycles. The molecule has 19 heavy (non-hydrogen) atoms. The minimum Gasteiger partial charge on any atom is -0.378 e. The van der Waals surface area contributed by atoms with E-state index in [-0.39, 0.29) is 27.1 Å². The highest BCUT2D eigenvalue weighted by molar-refractivity contribution is 7.89. The van der Waals surface area contributed by atoms with E-state index in [9.17, 15) is 8.42 Å². The molecule has 0 spiro atoms. The van der Waals surface area contributed by atoms with Gasteiger partial charge in [0, 0.05) is 20.2 Å². The van der Waals surface area contributed by atoms with Crippen molar-refractivity contribution in [3.8, 4) is 0 Å². The lowest BCUT2D eigenvalue weighted by Gasteiger charge is -2.19. The van der Waals surface area contributed by atoms with Gasteiger partial charge in [0.25, 0.3) is 0 Å². The van der Waals surface area contributed by atoms with Crippen LogP contribution >= 0.6 is 23.2 Å². The normalized spacial score (nSPS) is 23.7. The number of hydrogen-bond acceptors (Lipinski definition) is 4. The zero-order valence-electron chi connectivity index (χ0n) is 10.2. The molecule has 0 radical (unpaired) electrons. The van der Waals surface area contributed by atoms with E-state index in [2.05, 4.69) is 10.0 Å². The van der Waals surface area contributed by atoms with Crippen LogP contribution in [0.3, 0.4) is 0 Å². The molecule has 2 rings (SSSR count). The third-order valence-electron chi connectivity index (χ3n) is 2.97. The summed E-state index contributed by atoms with van der Waals surface area (Å²) in [5, 5.41) is 3.29. The van der Waals surface area contributed by atoms with E-state index in [1.54, 1.807) is 13.2 Å². The highest BCUT2D eigenvalue weighted by Gasteiger charge is 2.32. The van der Waals surface area contributed by atoms with Crippen LogP contribution in [-0.2, 0) is 14.8 Å². The number of halogens is 2. The van der Waals surface area contributed by atoms with Crippen LogP contribution in [0.25, 0.3) is 0 Å². The second-order valence-electron chi connectivity index (χ2n) is 4.21. The minimum atomic E-state index is -3.73. The van der Waals surface area contributed by atoms with Gasteiger partial charge in [0.1, 0.15) is 4.90 Å². The molecule has 5 nitrogen and oxygen atoms in total. The predicted molar refractivity (Wildman–Crippen MR) is 74.2 cm³/mol. The maximum Gasteiger partial charge on any atom is 0.242 e. The fourth-order valence-electron chi connectivity index (χ4n) is 1.97. The summed E-state index contributed by atoms with van der Waals surface area (Å²) in [5.74, 6) is 0. The summed E-state index contributed by atoms with van der Waals surface area (Å²) >= 11 is 11.8. The van der Waals surface area contributed by atoms with Crippen molar-refractivity contribution in [1.29, 1.82) is 0 Å². The zero-order chi connectivity index (χ0) is 14.0. The summed E-state index contributed by atoms with van der Waals surface area (Å²) in [6, 6.07) is 4.17. The first-order valence-electron chi connectivity index (χ1n) is 5.65. The molecule has 0 aromatic heterocycles. The number of ether oxygens (including phenoxy) is 1. The molecule has 0 saturated carbocycles. The molecule has 0 aliphatic carbocycles. The fourth-order valence-corrected chi connectivity index (χ4v) is 4.00. The predicted octanol–water partition coefficient (Wildman–Crippen LogP) is 1.26. The van der Waals surface area contributed by atoms with Crippen LogP contribution in [0.5, 0.6) is 0 Å². The number of nitrogens with one attached hydrogen (secondary N) is 2. The second kappa shape index (κ2) is 5.95. The second-order valence-corrected chi connectivity index (χ2v) is 6.68. The van der Waals surface area contributed by atoms with Gasteiger partial charge in [-0.05, 0) is 12.1 Å². The molecule has 1 fully saturated rings. The Bertz CT molecular complexity index is 565. The van der Waals surface area contributed by atoms with E-state index >= 15 is 0 Å². The third kappa shape index (κ3) is 3.21. The van der Waals surface area contributed by atoms with E-state index in [4.69, 9.17) is 27.9 Å². The Labute approximate surface area is 122 Å². The van der Waals surface area contributed by atoms with Crippen molar-refractivity contribution in [2.75, 3.05) is 20.2 Å². The topological polar surface area (TPSA) is 67.4 Å². The summed E-state index contributed by atoms with van der Waals surface area (Å²) in [4.78, 5) is -0.0246. The van der Waals surface area contributed by atoms with E-state index in [0.29, 0.717) is 13.1 Å². The van der Waals surface area contributed by atoms with E-state index < -0.39 is 10.0 Å². The smallest absolute Gasteiger partial charge is 0.242 e. The molecule has 1 aliphatic heterocycles. The minimum absolute atomic E-state index is 0.0246. The highest BCUT2D eigenvalue weighted by atomic mass is 35.5. The first-order chi connectivity index (χ1) is 8.95. The lowest BCUT2D eigenvalue weighted by atomic mass is 10.2. The number of benzene rings is 1. The molecule has 0 amide bonds. The van der Waals surface area contributed by atoms with Gasteiger partial charge < -0.3 is 10.1 Å². The Morgan fingerprint density at radius 3 is 2.79 bits per heavy atom. The Morgan fingerprint density at radius 2 is 2.11 bits per heavy atom. The maximum absolute atomic E-state index is 12.3. The van der Waals surface area contributed by atoms with Gasteiger partial charge in [-0.3, -0.25) is 0 Å². The van der Waals surface area contributed by atoms with Crippen molar-refractivity contribution in [3.05, 3.63) is 28.2 Å². The molecule has 1 aromatic carbocycles. The maximum atomic E-state index is 12.3. The van der Waals surface area contributed by atoms with Gasteiger partial charge in [0.2, 0.25) is 10.0 Å². The van der Waals surface area contributed by atoms with Crippen LogP contribution in [0.2, 0.25) is 10.0 Å². The molecule has 0 bridgehead atoms. The summed E-state index contributed by atoms with van der Waals surface area (Å²) in [6.45, 7) is 1.11. The quantitative estimate of drug-likeness (QED) is 0.875. The summed E-state index contributed by atoms with van der Waals surface area (Å²) < 4.78 is 32.4. The molecule has 2 N–H and O–H groups in total. The highest BCUT2D eigenvalue weighted by Crippen LogP contribution is 2.29. The Morgan fingerprint density at radius 1 is 1.37 bits per heavy atom. The summed E-state index contributed by atoms with van der Waals surface area (Å²) in [6.07, 6.45) is -0.201. The average molecular weight is 325 g/mol. The van der Waals surface area contributed by atoms with Crippen molar-refractivity contribution in [3.63, 3.8) is 0 Å². The molecule has 1 unspecified atom stereocenters. The van der Waals surface area contributed by atoms with Crippen LogP contribution in [0, 0.1) is 0 Å². The summed E-state index contributed by atoms with van der Waals surface area (Å²) in [5.41, 5.74) is 0. The van der Waals surface area contributed by atoms with Gasteiger partial charge >= 0.3 is 0 Å². The molecular formula is C11H14Cl2N2O3S. The lowest BCUT2D eigenvalue weighted by Crippen LogP contribution is -2.43. The molecule has 2 atom stereocenters. The van der Waals surface area contributed by atoms with E-state index in [1.807, 2.05) is 0 Å². The van der Waals surface area contributed by atoms with Gasteiger partial charge in [-0.25, -0.2) is 13.1 Å². The SMILES string of the molecule is CO[C@H]1CNCC1NS(=O)(=O)c1cccc(Cl)c1Cl. The van der Waals surface area contributed by atoms with Gasteiger partial charge in [0.15, 0.2) is 0 Å².